The summed E-state index contributed by atoms with van der Waals surface area (Å²) >= 11 is 1.63. The summed E-state index contributed by atoms with van der Waals surface area (Å²) in [6.45, 7) is 4.92. The predicted octanol–water partition coefficient (Wildman–Crippen LogP) is 1.21. The van der Waals surface area contributed by atoms with E-state index < -0.39 is 17.0 Å². The van der Waals surface area contributed by atoms with Crippen LogP contribution in [0.1, 0.15) is 34.1 Å². The zero-order valence-corrected chi connectivity index (χ0v) is 14.9. The number of hydrogen-bond acceptors (Lipinski definition) is 6. The molecule has 2 rings (SSSR count). The molecule has 0 aliphatic heterocycles. The van der Waals surface area contributed by atoms with Gasteiger partial charge in [-0.2, -0.15) is 0 Å². The molecule has 7 nitrogen and oxygen atoms in total. The van der Waals surface area contributed by atoms with Gasteiger partial charge >= 0.3 is 5.69 Å². The SMILES string of the molecule is CCCn1c(N)c(C(=O)CN(C)Cc2sccc2C)c(=O)[nH]c1=O. The number of carbonyl (C=O) groups is 1. The highest BCUT2D eigenvalue weighted by atomic mass is 32.1. The van der Waals surface area contributed by atoms with Gasteiger partial charge in [-0.25, -0.2) is 4.79 Å². The van der Waals surface area contributed by atoms with Gasteiger partial charge in [0.2, 0.25) is 0 Å². The lowest BCUT2D eigenvalue weighted by atomic mass is 10.1. The van der Waals surface area contributed by atoms with Crippen molar-refractivity contribution in [3.8, 4) is 0 Å². The van der Waals surface area contributed by atoms with Crippen molar-refractivity contribution in [1.82, 2.24) is 14.5 Å². The Morgan fingerprint density at radius 2 is 2.12 bits per heavy atom. The summed E-state index contributed by atoms with van der Waals surface area (Å²) in [5.74, 6) is -0.452. The van der Waals surface area contributed by atoms with Gasteiger partial charge in [0.1, 0.15) is 11.4 Å². The van der Waals surface area contributed by atoms with Crippen molar-refractivity contribution in [2.75, 3.05) is 19.3 Å². The van der Waals surface area contributed by atoms with Crippen LogP contribution in [0, 0.1) is 6.92 Å². The fourth-order valence-electron chi connectivity index (χ4n) is 2.49. The van der Waals surface area contributed by atoms with E-state index in [-0.39, 0.29) is 17.9 Å². The van der Waals surface area contributed by atoms with Crippen molar-refractivity contribution in [2.45, 2.75) is 33.4 Å². The molecule has 130 valence electrons. The molecule has 0 spiro atoms. The third kappa shape index (κ3) is 3.82. The zero-order chi connectivity index (χ0) is 17.9. The number of likely N-dealkylation sites (N-methyl/N-ethyl adjacent to an activating group) is 1. The van der Waals surface area contributed by atoms with Crippen LogP contribution in [0.4, 0.5) is 5.82 Å². The summed E-state index contributed by atoms with van der Waals surface area (Å²) in [4.78, 5) is 41.5. The maximum absolute atomic E-state index is 12.5. The quantitative estimate of drug-likeness (QED) is 0.731. The molecule has 2 aromatic rings. The molecule has 2 aromatic heterocycles. The zero-order valence-electron chi connectivity index (χ0n) is 14.1. The van der Waals surface area contributed by atoms with Gasteiger partial charge in [0.05, 0.1) is 6.54 Å². The van der Waals surface area contributed by atoms with E-state index >= 15 is 0 Å². The molecule has 0 aliphatic carbocycles. The molecule has 0 fully saturated rings. The minimum absolute atomic E-state index is 0.0505. The fraction of sp³-hybridized carbons (Fsp3) is 0.438. The van der Waals surface area contributed by atoms with Crippen LogP contribution in [0.2, 0.25) is 0 Å². The number of nitrogens with zero attached hydrogens (tertiary/aromatic N) is 2. The van der Waals surface area contributed by atoms with Gasteiger partial charge in [-0.3, -0.25) is 24.0 Å². The highest BCUT2D eigenvalue weighted by Crippen LogP contribution is 2.17. The highest BCUT2D eigenvalue weighted by Gasteiger charge is 2.20. The van der Waals surface area contributed by atoms with Crippen molar-refractivity contribution in [3.63, 3.8) is 0 Å². The Hall–Kier alpha value is -2.19. The van der Waals surface area contributed by atoms with E-state index in [1.807, 2.05) is 37.2 Å². The molecule has 0 atom stereocenters. The first-order valence-electron chi connectivity index (χ1n) is 7.72. The number of thiophene rings is 1. The Bertz CT molecular complexity index is 850. The van der Waals surface area contributed by atoms with Crippen molar-refractivity contribution in [1.29, 1.82) is 0 Å². The second-order valence-electron chi connectivity index (χ2n) is 5.79. The molecule has 0 radical (unpaired) electrons. The molecule has 0 saturated heterocycles. The van der Waals surface area contributed by atoms with E-state index in [1.165, 1.54) is 15.0 Å². The first-order chi connectivity index (χ1) is 11.3. The van der Waals surface area contributed by atoms with Crippen LogP contribution in [0.3, 0.4) is 0 Å². The van der Waals surface area contributed by atoms with E-state index in [1.54, 1.807) is 11.3 Å². The van der Waals surface area contributed by atoms with Crippen molar-refractivity contribution < 1.29 is 4.79 Å². The number of aromatic nitrogens is 2. The Morgan fingerprint density at radius 3 is 2.71 bits per heavy atom. The van der Waals surface area contributed by atoms with Crippen molar-refractivity contribution >= 4 is 22.9 Å². The summed E-state index contributed by atoms with van der Waals surface area (Å²) in [6, 6.07) is 2.03. The second-order valence-corrected chi connectivity index (χ2v) is 6.79. The molecule has 3 N–H and O–H groups in total. The molecular weight excluding hydrogens is 328 g/mol. The molecular formula is C16H22N4O3S. The summed E-state index contributed by atoms with van der Waals surface area (Å²) in [5, 5.41) is 2.00. The van der Waals surface area contributed by atoms with Gasteiger partial charge in [0, 0.05) is 18.0 Å². The van der Waals surface area contributed by atoms with Crippen LogP contribution >= 0.6 is 11.3 Å². The van der Waals surface area contributed by atoms with Gasteiger partial charge in [0.15, 0.2) is 5.78 Å². The lowest BCUT2D eigenvalue weighted by molar-refractivity contribution is 0.0942. The predicted molar refractivity (Wildman–Crippen MR) is 95.7 cm³/mol. The van der Waals surface area contributed by atoms with Gasteiger partial charge in [0.25, 0.3) is 5.56 Å². The number of H-pyrrole nitrogens is 1. The monoisotopic (exact) mass is 350 g/mol. The number of aromatic amines is 1. The van der Waals surface area contributed by atoms with Crippen molar-refractivity contribution in [3.05, 3.63) is 48.3 Å². The number of Topliss-reactive ketones (excluding diaryl/α,β-unsaturated/α-hetero) is 1. The average molecular weight is 350 g/mol. The number of ketones is 1. The molecule has 0 aromatic carbocycles. The Kier molecular flexibility index (Phi) is 5.74. The highest BCUT2D eigenvalue weighted by molar-refractivity contribution is 7.10. The second kappa shape index (κ2) is 7.59. The summed E-state index contributed by atoms with van der Waals surface area (Å²) in [6.07, 6.45) is 0.668. The van der Waals surface area contributed by atoms with Crippen LogP contribution in [0.5, 0.6) is 0 Å². The molecule has 0 bridgehead atoms. The molecule has 0 amide bonds. The standard InChI is InChI=1S/C16H22N4O3S/c1-4-6-20-14(17)13(15(22)18-16(20)23)11(21)8-19(3)9-12-10(2)5-7-24-12/h5,7H,4,6,8-9,17H2,1-3H3,(H,18,22,23). The molecule has 0 saturated carbocycles. The Balaban J connectivity index is 2.23. The number of aryl methyl sites for hydroxylation is 1. The van der Waals surface area contributed by atoms with E-state index in [0.717, 1.165) is 0 Å². The normalized spacial score (nSPS) is 11.2. The topological polar surface area (TPSA) is 101 Å². The lowest BCUT2D eigenvalue weighted by Gasteiger charge is -2.16. The molecule has 0 unspecified atom stereocenters. The summed E-state index contributed by atoms with van der Waals surface area (Å²) in [5.41, 5.74) is 5.64. The Morgan fingerprint density at radius 1 is 1.42 bits per heavy atom. The number of nitrogens with one attached hydrogen (secondary N) is 1. The van der Waals surface area contributed by atoms with Gasteiger partial charge < -0.3 is 5.73 Å². The van der Waals surface area contributed by atoms with Gasteiger partial charge in [-0.05, 0) is 37.4 Å². The first kappa shape index (κ1) is 18.2. The smallest absolute Gasteiger partial charge is 0.329 e. The summed E-state index contributed by atoms with van der Waals surface area (Å²) < 4.78 is 1.23. The largest absolute Gasteiger partial charge is 0.384 e. The third-order valence-corrected chi connectivity index (χ3v) is 4.77. The van der Waals surface area contributed by atoms with E-state index in [4.69, 9.17) is 5.73 Å². The average Bonchev–Trinajstić information content (AvgIpc) is 2.88. The molecule has 24 heavy (non-hydrogen) atoms. The first-order valence-corrected chi connectivity index (χ1v) is 8.60. The minimum atomic E-state index is -0.726. The Labute approximate surface area is 143 Å². The van der Waals surface area contributed by atoms with Crippen LogP contribution in [0.15, 0.2) is 21.0 Å². The van der Waals surface area contributed by atoms with E-state index in [9.17, 15) is 14.4 Å². The molecule has 8 heteroatoms. The number of nitrogens with two attached hydrogens (primary N) is 1. The number of carbonyl (C=O) groups excluding carboxylic acids is 1. The number of nitrogen functional groups attached to an aromatic ring is 1. The van der Waals surface area contributed by atoms with Crippen LogP contribution in [-0.2, 0) is 13.1 Å². The third-order valence-electron chi connectivity index (χ3n) is 3.76. The number of rotatable bonds is 7. The maximum atomic E-state index is 12.5. The fourth-order valence-corrected chi connectivity index (χ4v) is 3.48. The summed E-state index contributed by atoms with van der Waals surface area (Å²) in [7, 11) is 1.81. The van der Waals surface area contributed by atoms with Gasteiger partial charge in [-0.1, -0.05) is 6.92 Å². The van der Waals surface area contributed by atoms with Crippen LogP contribution in [0.25, 0.3) is 0 Å². The minimum Gasteiger partial charge on any atom is -0.384 e. The molecule has 2 heterocycles. The van der Waals surface area contributed by atoms with Crippen LogP contribution in [-0.4, -0.2) is 33.8 Å². The maximum Gasteiger partial charge on any atom is 0.329 e. The van der Waals surface area contributed by atoms with Crippen molar-refractivity contribution in [2.24, 2.45) is 0 Å². The number of anilines is 1. The van der Waals surface area contributed by atoms with Crippen LogP contribution < -0.4 is 17.0 Å². The molecule has 0 aliphatic rings. The van der Waals surface area contributed by atoms with E-state index in [2.05, 4.69) is 4.98 Å². The van der Waals surface area contributed by atoms with Gasteiger partial charge in [-0.15, -0.1) is 11.3 Å². The number of hydrogen-bond donors (Lipinski definition) is 2. The van der Waals surface area contributed by atoms with E-state index in [0.29, 0.717) is 19.5 Å². The lowest BCUT2D eigenvalue weighted by Crippen LogP contribution is -2.38.